The zero-order chi connectivity index (χ0) is 10.9. The summed E-state index contributed by atoms with van der Waals surface area (Å²) >= 11 is 1.81. The summed E-state index contributed by atoms with van der Waals surface area (Å²) in [6, 6.07) is 0. The van der Waals surface area contributed by atoms with Gasteiger partial charge in [-0.2, -0.15) is 11.3 Å². The Balaban J connectivity index is 1.98. The fraction of sp³-hybridized carbons (Fsp3) is 0.667. The van der Waals surface area contributed by atoms with Crippen LogP contribution in [0.5, 0.6) is 0 Å². The number of rotatable bonds is 2. The van der Waals surface area contributed by atoms with Crippen molar-refractivity contribution in [2.75, 3.05) is 19.6 Å². The molecule has 0 aromatic carbocycles. The maximum atomic E-state index is 3.54. The highest BCUT2D eigenvalue weighted by molar-refractivity contribution is 7.08. The Labute approximate surface area is 96.3 Å². The molecule has 0 bridgehead atoms. The largest absolute Gasteiger partial charge is 0.309 e. The van der Waals surface area contributed by atoms with Gasteiger partial charge in [-0.25, -0.2) is 0 Å². The highest BCUT2D eigenvalue weighted by Gasteiger charge is 2.25. The minimum absolute atomic E-state index is 0.266. The first-order chi connectivity index (χ1) is 7.07. The van der Waals surface area contributed by atoms with E-state index in [1.807, 2.05) is 11.3 Å². The van der Waals surface area contributed by atoms with Crippen LogP contribution in [0.25, 0.3) is 0 Å². The molecule has 0 amide bonds. The van der Waals surface area contributed by atoms with Crippen molar-refractivity contribution < 1.29 is 0 Å². The van der Waals surface area contributed by atoms with E-state index in [2.05, 4.69) is 41.7 Å². The van der Waals surface area contributed by atoms with Crippen LogP contribution in [0, 0.1) is 6.92 Å². The number of hydrogen-bond donors (Lipinski definition) is 1. The van der Waals surface area contributed by atoms with Gasteiger partial charge in [-0.15, -0.1) is 0 Å². The molecule has 1 aromatic rings. The van der Waals surface area contributed by atoms with Gasteiger partial charge in [0.2, 0.25) is 0 Å². The predicted molar refractivity (Wildman–Crippen MR) is 66.4 cm³/mol. The first-order valence-electron chi connectivity index (χ1n) is 5.56. The van der Waals surface area contributed by atoms with Crippen LogP contribution in [-0.2, 0) is 6.54 Å². The fourth-order valence-electron chi connectivity index (χ4n) is 2.17. The summed E-state index contributed by atoms with van der Waals surface area (Å²) in [5, 5.41) is 8.06. The van der Waals surface area contributed by atoms with Gasteiger partial charge in [0.05, 0.1) is 0 Å². The lowest BCUT2D eigenvalue weighted by molar-refractivity contribution is 0.148. The van der Waals surface area contributed by atoms with E-state index in [1.54, 1.807) is 0 Å². The second-order valence-corrected chi connectivity index (χ2v) is 5.84. The van der Waals surface area contributed by atoms with Crippen molar-refractivity contribution in [1.29, 1.82) is 0 Å². The highest BCUT2D eigenvalue weighted by atomic mass is 32.1. The SMILES string of the molecule is Cc1cscc1CN1CCNC(C)(C)C1. The molecule has 1 fully saturated rings. The van der Waals surface area contributed by atoms with Crippen LogP contribution in [-0.4, -0.2) is 30.1 Å². The van der Waals surface area contributed by atoms with E-state index in [1.165, 1.54) is 17.7 Å². The second kappa shape index (κ2) is 4.24. The van der Waals surface area contributed by atoms with Crippen LogP contribution >= 0.6 is 11.3 Å². The Kier molecular flexibility index (Phi) is 3.14. The molecule has 1 aliphatic heterocycles. The molecule has 2 heterocycles. The van der Waals surface area contributed by atoms with E-state index in [0.717, 1.165) is 19.6 Å². The van der Waals surface area contributed by atoms with E-state index in [9.17, 15) is 0 Å². The molecule has 3 heteroatoms. The third-order valence-electron chi connectivity index (χ3n) is 3.01. The van der Waals surface area contributed by atoms with Gasteiger partial charge >= 0.3 is 0 Å². The van der Waals surface area contributed by atoms with Crippen LogP contribution in [0.2, 0.25) is 0 Å². The minimum atomic E-state index is 0.266. The molecule has 0 unspecified atom stereocenters. The highest BCUT2D eigenvalue weighted by Crippen LogP contribution is 2.18. The molecule has 1 saturated heterocycles. The monoisotopic (exact) mass is 224 g/mol. The summed E-state index contributed by atoms with van der Waals surface area (Å²) in [5.41, 5.74) is 3.20. The summed E-state index contributed by atoms with van der Waals surface area (Å²) in [6.45, 7) is 11.3. The van der Waals surface area contributed by atoms with Crippen molar-refractivity contribution >= 4 is 11.3 Å². The average molecular weight is 224 g/mol. The number of nitrogens with one attached hydrogen (secondary N) is 1. The van der Waals surface area contributed by atoms with E-state index >= 15 is 0 Å². The molecular formula is C12H20N2S. The first-order valence-corrected chi connectivity index (χ1v) is 6.50. The van der Waals surface area contributed by atoms with Gasteiger partial charge in [0, 0.05) is 31.7 Å². The van der Waals surface area contributed by atoms with Gasteiger partial charge in [0.1, 0.15) is 0 Å². The number of piperazine rings is 1. The molecule has 2 nitrogen and oxygen atoms in total. The van der Waals surface area contributed by atoms with E-state index < -0.39 is 0 Å². The van der Waals surface area contributed by atoms with Crippen LogP contribution < -0.4 is 5.32 Å². The number of aryl methyl sites for hydroxylation is 1. The summed E-state index contributed by atoms with van der Waals surface area (Å²) in [6.07, 6.45) is 0. The third kappa shape index (κ3) is 2.80. The summed E-state index contributed by atoms with van der Waals surface area (Å²) < 4.78 is 0. The Morgan fingerprint density at radius 1 is 1.47 bits per heavy atom. The Hall–Kier alpha value is -0.380. The number of nitrogens with zero attached hydrogens (tertiary/aromatic N) is 1. The average Bonchev–Trinajstić information content (AvgIpc) is 2.50. The molecule has 1 aromatic heterocycles. The zero-order valence-electron chi connectivity index (χ0n) is 9.84. The lowest BCUT2D eigenvalue weighted by Gasteiger charge is -2.39. The molecule has 0 atom stereocenters. The Morgan fingerprint density at radius 2 is 2.27 bits per heavy atom. The smallest absolute Gasteiger partial charge is 0.0252 e. The van der Waals surface area contributed by atoms with Gasteiger partial charge in [-0.1, -0.05) is 0 Å². The maximum absolute atomic E-state index is 3.54. The van der Waals surface area contributed by atoms with Crippen molar-refractivity contribution in [3.05, 3.63) is 21.9 Å². The number of hydrogen-bond acceptors (Lipinski definition) is 3. The molecule has 0 aliphatic carbocycles. The van der Waals surface area contributed by atoms with Crippen molar-refractivity contribution in [3.8, 4) is 0 Å². The second-order valence-electron chi connectivity index (χ2n) is 5.10. The van der Waals surface area contributed by atoms with Crippen LogP contribution in [0.15, 0.2) is 10.8 Å². The molecule has 84 valence electrons. The Bertz CT molecular complexity index is 330. The van der Waals surface area contributed by atoms with Crippen molar-refractivity contribution in [2.24, 2.45) is 0 Å². The predicted octanol–water partition coefficient (Wildman–Crippen LogP) is 2.24. The molecule has 0 saturated carbocycles. The summed E-state index contributed by atoms with van der Waals surface area (Å²) in [4.78, 5) is 2.55. The van der Waals surface area contributed by atoms with Crippen molar-refractivity contribution in [1.82, 2.24) is 10.2 Å². The van der Waals surface area contributed by atoms with Crippen LogP contribution in [0.3, 0.4) is 0 Å². The number of thiophene rings is 1. The first kappa shape index (κ1) is 11.1. The standard InChI is InChI=1S/C12H20N2S/c1-10-7-15-8-11(10)6-14-5-4-13-12(2,3)9-14/h7-8,13H,4-6,9H2,1-3H3. The fourth-order valence-corrected chi connectivity index (χ4v) is 3.02. The van der Waals surface area contributed by atoms with E-state index in [0.29, 0.717) is 0 Å². The maximum Gasteiger partial charge on any atom is 0.0252 e. The van der Waals surface area contributed by atoms with Gasteiger partial charge < -0.3 is 5.32 Å². The minimum Gasteiger partial charge on any atom is -0.309 e. The topological polar surface area (TPSA) is 15.3 Å². The zero-order valence-corrected chi connectivity index (χ0v) is 10.7. The molecule has 0 spiro atoms. The van der Waals surface area contributed by atoms with Crippen LogP contribution in [0.1, 0.15) is 25.0 Å². The van der Waals surface area contributed by atoms with Gasteiger partial charge in [-0.05, 0) is 42.7 Å². The van der Waals surface area contributed by atoms with E-state index in [4.69, 9.17) is 0 Å². The summed E-state index contributed by atoms with van der Waals surface area (Å²) in [5.74, 6) is 0. The normalized spacial score (nSPS) is 21.8. The Morgan fingerprint density at radius 3 is 2.87 bits per heavy atom. The lowest BCUT2D eigenvalue weighted by atomic mass is 10.0. The van der Waals surface area contributed by atoms with Gasteiger partial charge in [-0.3, -0.25) is 4.90 Å². The van der Waals surface area contributed by atoms with Crippen LogP contribution in [0.4, 0.5) is 0 Å². The lowest BCUT2D eigenvalue weighted by Crippen LogP contribution is -2.56. The molecular weight excluding hydrogens is 204 g/mol. The van der Waals surface area contributed by atoms with Gasteiger partial charge in [0.25, 0.3) is 0 Å². The van der Waals surface area contributed by atoms with E-state index in [-0.39, 0.29) is 5.54 Å². The van der Waals surface area contributed by atoms with Crippen molar-refractivity contribution in [3.63, 3.8) is 0 Å². The molecule has 1 N–H and O–H groups in total. The third-order valence-corrected chi connectivity index (χ3v) is 3.92. The quantitative estimate of drug-likeness (QED) is 0.829. The molecule has 2 rings (SSSR count). The van der Waals surface area contributed by atoms with Crippen molar-refractivity contribution in [2.45, 2.75) is 32.9 Å². The molecule has 15 heavy (non-hydrogen) atoms. The summed E-state index contributed by atoms with van der Waals surface area (Å²) in [7, 11) is 0. The van der Waals surface area contributed by atoms with Gasteiger partial charge in [0.15, 0.2) is 0 Å². The molecule has 1 aliphatic rings. The molecule has 0 radical (unpaired) electrons.